The largest absolute Gasteiger partial charge is 0.508 e. The van der Waals surface area contributed by atoms with Crippen molar-refractivity contribution in [2.45, 2.75) is 6.92 Å². The SMILES string of the molecule is C/C(C(=O)/C=C/c1ccc(/C=C/c2ccccc2)cc1)=C(O)\C=C\c1ccc(/C=C/c2ccccc2)cc1. The highest BCUT2D eigenvalue weighted by Gasteiger charge is 2.05. The first kappa shape index (κ1) is 26.1. The average Bonchev–Trinajstić information content (AvgIpc) is 2.98. The fraction of sp³-hybridized carbons (Fsp3) is 0.0278. The lowest BCUT2D eigenvalue weighted by molar-refractivity contribution is -0.111. The van der Waals surface area contributed by atoms with Crippen LogP contribution in [0.1, 0.15) is 40.3 Å². The maximum atomic E-state index is 12.6. The quantitative estimate of drug-likeness (QED) is 0.109. The normalized spacial score (nSPS) is 12.6. The Hall–Kier alpha value is -4.95. The van der Waals surface area contributed by atoms with Gasteiger partial charge in [-0.05, 0) is 52.5 Å². The van der Waals surface area contributed by atoms with E-state index in [0.717, 1.165) is 33.4 Å². The predicted octanol–water partition coefficient (Wildman–Crippen LogP) is 9.16. The Morgan fingerprint density at radius 3 is 1.18 bits per heavy atom. The Labute approximate surface area is 224 Å². The van der Waals surface area contributed by atoms with Gasteiger partial charge in [0.2, 0.25) is 0 Å². The molecule has 0 saturated heterocycles. The van der Waals surface area contributed by atoms with Crippen LogP contribution in [0, 0.1) is 0 Å². The van der Waals surface area contributed by atoms with Crippen molar-refractivity contribution >= 4 is 42.2 Å². The van der Waals surface area contributed by atoms with Crippen molar-refractivity contribution in [3.63, 3.8) is 0 Å². The Balaban J connectivity index is 1.33. The minimum absolute atomic E-state index is 0.0471. The van der Waals surface area contributed by atoms with Gasteiger partial charge in [-0.25, -0.2) is 0 Å². The third-order valence-electron chi connectivity index (χ3n) is 6.02. The molecule has 0 amide bonds. The number of allylic oxidation sites excluding steroid dienone is 3. The van der Waals surface area contributed by atoms with Gasteiger partial charge in [-0.15, -0.1) is 0 Å². The molecule has 2 heteroatoms. The Morgan fingerprint density at radius 2 is 0.789 bits per heavy atom. The van der Waals surface area contributed by atoms with Gasteiger partial charge in [-0.3, -0.25) is 4.79 Å². The van der Waals surface area contributed by atoms with E-state index in [2.05, 4.69) is 48.6 Å². The minimum Gasteiger partial charge on any atom is -0.508 e. The third kappa shape index (κ3) is 8.04. The highest BCUT2D eigenvalue weighted by molar-refractivity contribution is 6.06. The van der Waals surface area contributed by atoms with E-state index < -0.39 is 0 Å². The zero-order valence-corrected chi connectivity index (χ0v) is 21.4. The fourth-order valence-electron chi connectivity index (χ4n) is 3.67. The van der Waals surface area contributed by atoms with Crippen LogP contribution < -0.4 is 0 Å². The number of aliphatic hydroxyl groups excluding tert-OH is 1. The number of rotatable bonds is 9. The highest BCUT2D eigenvalue weighted by atomic mass is 16.3. The molecular weight excluding hydrogens is 464 g/mol. The second-order valence-electron chi connectivity index (χ2n) is 8.86. The van der Waals surface area contributed by atoms with Gasteiger partial charge < -0.3 is 5.11 Å². The first-order valence-electron chi connectivity index (χ1n) is 12.5. The van der Waals surface area contributed by atoms with Crippen LogP contribution in [-0.2, 0) is 4.79 Å². The van der Waals surface area contributed by atoms with E-state index in [9.17, 15) is 9.90 Å². The van der Waals surface area contributed by atoms with Crippen molar-refractivity contribution in [2.24, 2.45) is 0 Å². The number of ketones is 1. The van der Waals surface area contributed by atoms with Crippen LogP contribution in [0.4, 0.5) is 0 Å². The van der Waals surface area contributed by atoms with Crippen molar-refractivity contribution in [3.8, 4) is 0 Å². The van der Waals surface area contributed by atoms with Crippen LogP contribution >= 0.6 is 0 Å². The highest BCUT2D eigenvalue weighted by Crippen LogP contribution is 2.14. The summed E-state index contributed by atoms with van der Waals surface area (Å²) >= 11 is 0. The molecule has 1 N–H and O–H groups in total. The monoisotopic (exact) mass is 494 g/mol. The van der Waals surface area contributed by atoms with Gasteiger partial charge in [0.1, 0.15) is 5.76 Å². The second kappa shape index (κ2) is 13.4. The van der Waals surface area contributed by atoms with Gasteiger partial charge in [-0.2, -0.15) is 0 Å². The average molecular weight is 495 g/mol. The topological polar surface area (TPSA) is 37.3 Å². The second-order valence-corrected chi connectivity index (χ2v) is 8.86. The standard InChI is InChI=1S/C36H30O2/c1-28(35(37)26-24-33-20-16-31(17-21-33)14-12-29-8-4-2-5-9-29)36(38)27-25-34-22-18-32(19-23-34)15-13-30-10-6-3-7-11-30/h2-27,37H,1H3/b14-12+,15-13+,26-24+,27-25+,35-28-. The first-order valence-corrected chi connectivity index (χ1v) is 12.5. The fourth-order valence-corrected chi connectivity index (χ4v) is 3.67. The van der Waals surface area contributed by atoms with E-state index in [1.807, 2.05) is 84.9 Å². The first-order chi connectivity index (χ1) is 18.6. The molecule has 0 saturated carbocycles. The summed E-state index contributed by atoms with van der Waals surface area (Å²) in [5.74, 6) is -0.282. The molecule has 0 aromatic heterocycles. The molecule has 4 rings (SSSR count). The molecule has 0 fully saturated rings. The lowest BCUT2D eigenvalue weighted by Gasteiger charge is -2.00. The molecule has 0 aliphatic carbocycles. The number of hydrogen-bond donors (Lipinski definition) is 1. The van der Waals surface area contributed by atoms with Crippen LogP contribution in [0.3, 0.4) is 0 Å². The van der Waals surface area contributed by atoms with E-state index in [1.54, 1.807) is 25.2 Å². The van der Waals surface area contributed by atoms with Gasteiger partial charge >= 0.3 is 0 Å². The van der Waals surface area contributed by atoms with Crippen LogP contribution in [0.2, 0.25) is 0 Å². The Bertz CT molecular complexity index is 1480. The number of aliphatic hydroxyl groups is 1. The summed E-state index contributed by atoms with van der Waals surface area (Å²) in [6, 6.07) is 36.2. The minimum atomic E-state index is -0.235. The van der Waals surface area contributed by atoms with E-state index in [0.29, 0.717) is 5.57 Å². The molecule has 186 valence electrons. The van der Waals surface area contributed by atoms with Crippen molar-refractivity contribution in [1.82, 2.24) is 0 Å². The summed E-state index contributed by atoms with van der Waals surface area (Å²) in [5.41, 5.74) is 6.60. The number of benzene rings is 4. The molecule has 0 bridgehead atoms. The molecule has 4 aromatic carbocycles. The van der Waals surface area contributed by atoms with Gasteiger partial charge in [-0.1, -0.05) is 146 Å². The summed E-state index contributed by atoms with van der Waals surface area (Å²) in [7, 11) is 0. The Morgan fingerprint density at radius 1 is 0.474 bits per heavy atom. The zero-order chi connectivity index (χ0) is 26.6. The summed E-state index contributed by atoms with van der Waals surface area (Å²) in [4.78, 5) is 12.6. The van der Waals surface area contributed by atoms with Gasteiger partial charge in [0.25, 0.3) is 0 Å². The van der Waals surface area contributed by atoms with Gasteiger partial charge in [0, 0.05) is 5.57 Å². The summed E-state index contributed by atoms with van der Waals surface area (Å²) in [5, 5.41) is 10.4. The van der Waals surface area contributed by atoms with Crippen molar-refractivity contribution in [2.75, 3.05) is 0 Å². The molecular formula is C36H30O2. The van der Waals surface area contributed by atoms with E-state index >= 15 is 0 Å². The van der Waals surface area contributed by atoms with Crippen molar-refractivity contribution in [1.29, 1.82) is 0 Å². The molecule has 38 heavy (non-hydrogen) atoms. The number of carbonyl (C=O) groups excluding carboxylic acids is 1. The zero-order valence-electron chi connectivity index (χ0n) is 21.4. The lowest BCUT2D eigenvalue weighted by Crippen LogP contribution is -1.98. The summed E-state index contributed by atoms with van der Waals surface area (Å²) in [6.07, 6.45) is 14.9. The molecule has 0 aliphatic rings. The van der Waals surface area contributed by atoms with Gasteiger partial charge in [0.15, 0.2) is 5.78 Å². The molecule has 0 heterocycles. The number of carbonyl (C=O) groups is 1. The van der Waals surface area contributed by atoms with Crippen LogP contribution in [0.15, 0.2) is 133 Å². The van der Waals surface area contributed by atoms with Crippen LogP contribution in [0.25, 0.3) is 36.5 Å². The van der Waals surface area contributed by atoms with E-state index in [4.69, 9.17) is 0 Å². The van der Waals surface area contributed by atoms with Crippen molar-refractivity contribution in [3.05, 3.63) is 166 Å². The van der Waals surface area contributed by atoms with E-state index in [-0.39, 0.29) is 11.5 Å². The molecule has 4 aromatic rings. The smallest absolute Gasteiger partial charge is 0.185 e. The molecule has 0 radical (unpaired) electrons. The van der Waals surface area contributed by atoms with Crippen LogP contribution in [0.5, 0.6) is 0 Å². The molecule has 0 atom stereocenters. The van der Waals surface area contributed by atoms with Gasteiger partial charge in [0.05, 0.1) is 0 Å². The molecule has 0 aliphatic heterocycles. The third-order valence-corrected chi connectivity index (χ3v) is 6.02. The molecule has 2 nitrogen and oxygen atoms in total. The number of hydrogen-bond acceptors (Lipinski definition) is 2. The molecule has 0 unspecified atom stereocenters. The maximum Gasteiger partial charge on any atom is 0.185 e. The lowest BCUT2D eigenvalue weighted by atomic mass is 10.1. The maximum absolute atomic E-state index is 12.6. The Kier molecular flexibility index (Phi) is 9.20. The molecule has 0 spiro atoms. The summed E-state index contributed by atoms with van der Waals surface area (Å²) in [6.45, 7) is 1.63. The predicted molar refractivity (Wildman–Crippen MR) is 162 cm³/mol. The summed E-state index contributed by atoms with van der Waals surface area (Å²) < 4.78 is 0. The van der Waals surface area contributed by atoms with Crippen LogP contribution in [-0.4, -0.2) is 10.9 Å². The van der Waals surface area contributed by atoms with E-state index in [1.165, 1.54) is 6.08 Å². The van der Waals surface area contributed by atoms with Crippen molar-refractivity contribution < 1.29 is 9.90 Å².